The summed E-state index contributed by atoms with van der Waals surface area (Å²) < 4.78 is 2.25. The molecule has 0 bridgehead atoms. The molecule has 3 fully saturated rings. The van der Waals surface area contributed by atoms with Crippen LogP contribution >= 0.6 is 49.0 Å². The number of aryl methyl sites for hydroxylation is 1. The van der Waals surface area contributed by atoms with Crippen LogP contribution in [-0.4, -0.2) is 88.2 Å². The van der Waals surface area contributed by atoms with E-state index in [1.54, 1.807) is 0 Å². The van der Waals surface area contributed by atoms with Crippen LogP contribution in [0.5, 0.6) is 0 Å². The predicted octanol–water partition coefficient (Wildman–Crippen LogP) is 2.83. The molecule has 4 heterocycles. The molecule has 2 aromatic rings. The van der Waals surface area contributed by atoms with Gasteiger partial charge in [-0.2, -0.15) is 0 Å². The van der Waals surface area contributed by atoms with Crippen LogP contribution < -0.4 is 10.2 Å². The number of amides is 1. The molecular weight excluding hydrogens is 503 g/mol. The molecule has 7 nitrogen and oxygen atoms in total. The van der Waals surface area contributed by atoms with Gasteiger partial charge in [-0.3, -0.25) is 14.3 Å². The van der Waals surface area contributed by atoms with Gasteiger partial charge >= 0.3 is 0 Å². The average Bonchev–Trinajstić information content (AvgIpc) is 3.55. The van der Waals surface area contributed by atoms with Crippen LogP contribution in [-0.2, 0) is 4.79 Å². The smallest absolute Gasteiger partial charge is 0.240 e. The fourth-order valence-corrected chi connectivity index (χ4v) is 5.78. The summed E-state index contributed by atoms with van der Waals surface area (Å²) in [6.45, 7) is 7.86. The molecule has 3 saturated heterocycles. The third kappa shape index (κ3) is 5.92. The van der Waals surface area contributed by atoms with Crippen molar-refractivity contribution in [3.63, 3.8) is 0 Å². The zero-order chi connectivity index (χ0) is 20.5. The Labute approximate surface area is 218 Å². The van der Waals surface area contributed by atoms with Crippen molar-refractivity contribution in [2.24, 2.45) is 0 Å². The van der Waals surface area contributed by atoms with Gasteiger partial charge in [0.2, 0.25) is 11.9 Å². The summed E-state index contributed by atoms with van der Waals surface area (Å²) in [6, 6.07) is 10.9. The summed E-state index contributed by atoms with van der Waals surface area (Å²) in [4.78, 5) is 24.4. The van der Waals surface area contributed by atoms with E-state index >= 15 is 0 Å². The highest BCUT2D eigenvalue weighted by Gasteiger charge is 2.37. The van der Waals surface area contributed by atoms with Crippen LogP contribution in [0.4, 0.5) is 5.95 Å². The molecule has 184 valence electrons. The minimum atomic E-state index is -0.00800. The molecule has 1 N–H and O–H groups in total. The Balaban J connectivity index is 0.00000128. The molecule has 0 unspecified atom stereocenters. The molecule has 5 rings (SSSR count). The van der Waals surface area contributed by atoms with Crippen LogP contribution in [0, 0.1) is 6.92 Å². The minimum Gasteiger partial charge on any atom is -0.339 e. The standard InChI is InChI=1S/C22H30N6OS.3ClH/c1-17-14-24-22(28(17)18-5-3-2-4-6-18)26-9-7-25(8-10-26)19-13-20(23-15-19)21(29)27-11-12-30-16-27;;;/h2-6,14,19-20,23H,7-13,15-16H2,1H3;3*1H/t19-,20-;;;/m0.../s1. The Kier molecular flexibility index (Phi) is 10.7. The molecule has 0 radical (unpaired) electrons. The van der Waals surface area contributed by atoms with Crippen molar-refractivity contribution in [1.29, 1.82) is 0 Å². The number of rotatable bonds is 4. The van der Waals surface area contributed by atoms with Gasteiger partial charge in [0.25, 0.3) is 0 Å². The van der Waals surface area contributed by atoms with E-state index in [2.05, 4.69) is 50.9 Å². The maximum absolute atomic E-state index is 12.7. The molecule has 0 spiro atoms. The molecule has 1 aromatic heterocycles. The van der Waals surface area contributed by atoms with E-state index in [1.807, 2.05) is 28.9 Å². The number of carbonyl (C=O) groups is 1. The van der Waals surface area contributed by atoms with Crippen LogP contribution in [0.15, 0.2) is 36.5 Å². The first-order chi connectivity index (χ1) is 14.7. The second-order valence-corrected chi connectivity index (χ2v) is 9.46. The number of nitrogens with one attached hydrogen (secondary N) is 1. The molecular formula is C22H33Cl3N6OS. The maximum atomic E-state index is 12.7. The highest BCUT2D eigenvalue weighted by molar-refractivity contribution is 7.99. The fourth-order valence-electron chi connectivity index (χ4n) is 4.82. The first-order valence-corrected chi connectivity index (χ1v) is 12.0. The second-order valence-electron chi connectivity index (χ2n) is 8.38. The number of anilines is 1. The van der Waals surface area contributed by atoms with Gasteiger partial charge in [0, 0.05) is 62.4 Å². The van der Waals surface area contributed by atoms with Crippen molar-refractivity contribution in [2.45, 2.75) is 25.4 Å². The largest absolute Gasteiger partial charge is 0.339 e. The third-order valence-corrected chi connectivity index (χ3v) is 7.48. The van der Waals surface area contributed by atoms with Crippen molar-refractivity contribution < 1.29 is 4.79 Å². The van der Waals surface area contributed by atoms with E-state index in [9.17, 15) is 4.79 Å². The number of benzene rings is 1. The van der Waals surface area contributed by atoms with Gasteiger partial charge in [-0.25, -0.2) is 4.98 Å². The third-order valence-electron chi connectivity index (χ3n) is 6.52. The van der Waals surface area contributed by atoms with Crippen molar-refractivity contribution in [2.75, 3.05) is 55.8 Å². The minimum absolute atomic E-state index is 0. The number of thioether (sulfide) groups is 1. The zero-order valence-electron chi connectivity index (χ0n) is 18.8. The number of nitrogens with zero attached hydrogens (tertiary/aromatic N) is 5. The summed E-state index contributed by atoms with van der Waals surface area (Å²) in [7, 11) is 0. The molecule has 3 aliphatic rings. The Morgan fingerprint density at radius 3 is 2.45 bits per heavy atom. The quantitative estimate of drug-likeness (QED) is 0.650. The van der Waals surface area contributed by atoms with Crippen molar-refractivity contribution in [3.8, 4) is 5.69 Å². The molecule has 11 heteroatoms. The molecule has 0 saturated carbocycles. The number of carbonyl (C=O) groups excluding carboxylic acids is 1. The Bertz CT molecular complexity index is 888. The Hall–Kier alpha value is -1.16. The summed E-state index contributed by atoms with van der Waals surface area (Å²) in [5.41, 5.74) is 2.31. The number of piperazine rings is 1. The lowest BCUT2D eigenvalue weighted by Crippen LogP contribution is -2.51. The van der Waals surface area contributed by atoms with Gasteiger partial charge in [-0.15, -0.1) is 49.0 Å². The Morgan fingerprint density at radius 2 is 1.79 bits per heavy atom. The molecule has 1 aromatic carbocycles. The van der Waals surface area contributed by atoms with Crippen LogP contribution in [0.2, 0.25) is 0 Å². The number of halogens is 3. The molecule has 33 heavy (non-hydrogen) atoms. The molecule has 0 aliphatic carbocycles. The van der Waals surface area contributed by atoms with E-state index in [-0.39, 0.29) is 43.3 Å². The van der Waals surface area contributed by atoms with Gasteiger partial charge in [0.1, 0.15) is 0 Å². The van der Waals surface area contributed by atoms with Crippen molar-refractivity contribution >= 4 is 60.8 Å². The van der Waals surface area contributed by atoms with E-state index in [0.717, 1.165) is 74.6 Å². The van der Waals surface area contributed by atoms with Crippen LogP contribution in [0.3, 0.4) is 0 Å². The molecule has 2 atom stereocenters. The zero-order valence-corrected chi connectivity index (χ0v) is 22.0. The highest BCUT2D eigenvalue weighted by Crippen LogP contribution is 2.25. The van der Waals surface area contributed by atoms with Gasteiger partial charge in [-0.05, 0) is 25.5 Å². The summed E-state index contributed by atoms with van der Waals surface area (Å²) in [5.74, 6) is 3.25. The van der Waals surface area contributed by atoms with E-state index in [4.69, 9.17) is 4.98 Å². The number of para-hydroxylation sites is 1. The summed E-state index contributed by atoms with van der Waals surface area (Å²) in [5, 5.41) is 3.49. The first-order valence-electron chi connectivity index (χ1n) is 10.9. The van der Waals surface area contributed by atoms with Gasteiger partial charge in [-0.1, -0.05) is 18.2 Å². The number of imidazole rings is 1. The van der Waals surface area contributed by atoms with E-state index in [1.165, 1.54) is 0 Å². The Morgan fingerprint density at radius 1 is 1.06 bits per heavy atom. The normalized spacial score (nSPS) is 22.9. The lowest BCUT2D eigenvalue weighted by molar-refractivity contribution is -0.131. The number of aromatic nitrogens is 2. The van der Waals surface area contributed by atoms with E-state index < -0.39 is 0 Å². The lowest BCUT2D eigenvalue weighted by atomic mass is 10.1. The van der Waals surface area contributed by atoms with Gasteiger partial charge in [0.05, 0.1) is 18.1 Å². The van der Waals surface area contributed by atoms with Crippen LogP contribution in [0.1, 0.15) is 12.1 Å². The number of hydrogen-bond acceptors (Lipinski definition) is 6. The van der Waals surface area contributed by atoms with E-state index in [0.29, 0.717) is 11.9 Å². The SMILES string of the molecule is Cc1cnc(N2CCN([C@@H]3CN[C@H](C(=O)N4CCSC4)C3)CC2)n1-c1ccccc1.Cl.Cl.Cl. The van der Waals surface area contributed by atoms with Crippen molar-refractivity contribution in [1.82, 2.24) is 24.7 Å². The fraction of sp³-hybridized carbons (Fsp3) is 0.545. The topological polar surface area (TPSA) is 56.6 Å². The number of hydrogen-bond donors (Lipinski definition) is 1. The monoisotopic (exact) mass is 534 g/mol. The predicted molar refractivity (Wildman–Crippen MR) is 143 cm³/mol. The van der Waals surface area contributed by atoms with Gasteiger partial charge in [0.15, 0.2) is 0 Å². The highest BCUT2D eigenvalue weighted by atomic mass is 35.5. The first kappa shape index (κ1) is 28.1. The molecule has 3 aliphatic heterocycles. The van der Waals surface area contributed by atoms with Gasteiger partial charge < -0.3 is 15.1 Å². The second kappa shape index (κ2) is 12.5. The average molecular weight is 536 g/mol. The van der Waals surface area contributed by atoms with Crippen LogP contribution in [0.25, 0.3) is 5.69 Å². The van der Waals surface area contributed by atoms with Crippen molar-refractivity contribution in [3.05, 3.63) is 42.2 Å². The maximum Gasteiger partial charge on any atom is 0.240 e. The molecule has 1 amide bonds. The summed E-state index contributed by atoms with van der Waals surface area (Å²) in [6.07, 6.45) is 2.89. The lowest BCUT2D eigenvalue weighted by Gasteiger charge is -2.38. The summed E-state index contributed by atoms with van der Waals surface area (Å²) >= 11 is 1.85.